The van der Waals surface area contributed by atoms with Crippen molar-refractivity contribution in [3.63, 3.8) is 0 Å². The van der Waals surface area contributed by atoms with Crippen LogP contribution >= 0.6 is 0 Å². The van der Waals surface area contributed by atoms with Gasteiger partial charge in [0, 0.05) is 25.5 Å². The predicted molar refractivity (Wildman–Crippen MR) is 83.9 cm³/mol. The van der Waals surface area contributed by atoms with Crippen LogP contribution in [-0.4, -0.2) is 52.7 Å². The highest BCUT2D eigenvalue weighted by atomic mass is 16.6. The highest BCUT2D eigenvalue weighted by Gasteiger charge is 2.43. The minimum Gasteiger partial charge on any atom is -0.468 e. The van der Waals surface area contributed by atoms with Crippen LogP contribution in [0.25, 0.3) is 0 Å². The van der Waals surface area contributed by atoms with Crippen molar-refractivity contribution in [3.05, 3.63) is 42.6 Å². The molecule has 2 atom stereocenters. The highest BCUT2D eigenvalue weighted by molar-refractivity contribution is 5.00. The number of furan rings is 1. The Morgan fingerprint density at radius 1 is 1.35 bits per heavy atom. The first-order valence-corrected chi connectivity index (χ1v) is 8.29. The minimum atomic E-state index is -0.194. The van der Waals surface area contributed by atoms with Crippen molar-refractivity contribution in [2.75, 3.05) is 26.3 Å². The van der Waals surface area contributed by atoms with Crippen molar-refractivity contribution in [1.29, 1.82) is 0 Å². The molecule has 0 radical (unpaired) electrons. The molecule has 2 aromatic rings. The van der Waals surface area contributed by atoms with Crippen molar-refractivity contribution in [3.8, 4) is 0 Å². The van der Waals surface area contributed by atoms with Crippen molar-refractivity contribution in [2.24, 2.45) is 0 Å². The Morgan fingerprint density at radius 3 is 3.17 bits per heavy atom. The number of aromatic nitrogens is 2. The first-order valence-electron chi connectivity index (χ1n) is 8.29. The van der Waals surface area contributed by atoms with Crippen molar-refractivity contribution >= 4 is 0 Å². The molecule has 0 aromatic carbocycles. The Morgan fingerprint density at radius 2 is 2.35 bits per heavy atom. The summed E-state index contributed by atoms with van der Waals surface area (Å²) in [5, 5.41) is 4.28. The molecule has 23 heavy (non-hydrogen) atoms. The molecular formula is C17H23N3O3. The van der Waals surface area contributed by atoms with Gasteiger partial charge in [-0.05, 0) is 31.0 Å². The van der Waals surface area contributed by atoms with Crippen LogP contribution in [0.4, 0.5) is 0 Å². The molecule has 6 nitrogen and oxygen atoms in total. The third-order valence-electron chi connectivity index (χ3n) is 4.68. The lowest BCUT2D eigenvalue weighted by Crippen LogP contribution is -2.44. The first-order chi connectivity index (χ1) is 11.3. The fraction of sp³-hybridized carbons (Fsp3) is 0.588. The molecule has 2 saturated heterocycles. The molecule has 0 N–H and O–H groups in total. The third kappa shape index (κ3) is 3.49. The molecule has 4 rings (SSSR count). The number of ether oxygens (including phenoxy) is 2. The maximum Gasteiger partial charge on any atom is 0.117 e. The summed E-state index contributed by atoms with van der Waals surface area (Å²) in [6.45, 7) is 4.85. The zero-order valence-electron chi connectivity index (χ0n) is 13.3. The monoisotopic (exact) mass is 317 g/mol. The van der Waals surface area contributed by atoms with Gasteiger partial charge in [-0.3, -0.25) is 9.58 Å². The van der Waals surface area contributed by atoms with Gasteiger partial charge in [0.15, 0.2) is 0 Å². The fourth-order valence-corrected chi connectivity index (χ4v) is 3.61. The van der Waals surface area contributed by atoms with Gasteiger partial charge in [0.05, 0.1) is 38.7 Å². The van der Waals surface area contributed by atoms with Gasteiger partial charge < -0.3 is 13.9 Å². The summed E-state index contributed by atoms with van der Waals surface area (Å²) in [6.07, 6.45) is 7.82. The second-order valence-electron chi connectivity index (χ2n) is 6.53. The van der Waals surface area contributed by atoms with Gasteiger partial charge in [-0.1, -0.05) is 0 Å². The summed E-state index contributed by atoms with van der Waals surface area (Å²) in [4.78, 5) is 2.38. The zero-order chi connectivity index (χ0) is 15.5. The molecule has 0 saturated carbocycles. The lowest BCUT2D eigenvalue weighted by atomic mass is 10.00. The summed E-state index contributed by atoms with van der Waals surface area (Å²) in [7, 11) is 0. The topological polar surface area (TPSA) is 52.7 Å². The van der Waals surface area contributed by atoms with E-state index in [0.29, 0.717) is 6.61 Å². The van der Waals surface area contributed by atoms with Crippen LogP contribution in [0.15, 0.2) is 41.3 Å². The van der Waals surface area contributed by atoms with E-state index in [2.05, 4.69) is 10.00 Å². The van der Waals surface area contributed by atoms with Crippen LogP contribution in [0.5, 0.6) is 0 Å². The number of hydrogen-bond donors (Lipinski definition) is 0. The van der Waals surface area contributed by atoms with E-state index in [4.69, 9.17) is 13.9 Å². The molecule has 0 unspecified atom stereocenters. The van der Waals surface area contributed by atoms with Crippen molar-refractivity contribution in [1.82, 2.24) is 14.7 Å². The Bertz CT molecular complexity index is 599. The molecule has 2 aromatic heterocycles. The van der Waals surface area contributed by atoms with Crippen LogP contribution in [0.3, 0.4) is 0 Å². The largest absolute Gasteiger partial charge is 0.468 e. The summed E-state index contributed by atoms with van der Waals surface area (Å²) < 4.78 is 19.7. The van der Waals surface area contributed by atoms with E-state index in [9.17, 15) is 0 Å². The van der Waals surface area contributed by atoms with Gasteiger partial charge in [-0.15, -0.1) is 0 Å². The molecule has 0 amide bonds. The summed E-state index contributed by atoms with van der Waals surface area (Å²) in [6, 6.07) is 5.91. The van der Waals surface area contributed by atoms with E-state index in [1.165, 1.54) is 0 Å². The molecule has 1 spiro atoms. The number of hydrogen-bond acceptors (Lipinski definition) is 5. The van der Waals surface area contributed by atoms with Gasteiger partial charge in [-0.2, -0.15) is 5.10 Å². The van der Waals surface area contributed by atoms with E-state index < -0.39 is 0 Å². The molecule has 124 valence electrons. The Labute approximate surface area is 136 Å². The van der Waals surface area contributed by atoms with Crippen molar-refractivity contribution in [2.45, 2.75) is 37.6 Å². The molecule has 2 aliphatic heterocycles. The maximum absolute atomic E-state index is 6.43. The lowest BCUT2D eigenvalue weighted by molar-refractivity contribution is -0.0907. The average molecular weight is 317 g/mol. The highest BCUT2D eigenvalue weighted by Crippen LogP contribution is 2.34. The molecule has 0 aliphatic carbocycles. The lowest BCUT2D eigenvalue weighted by Gasteiger charge is -2.31. The standard InChI is InChI=1S/C17H23N3O3/c1-3-15(22-9-1)11-19-8-10-21-14-17(13-19)5-4-16(23-17)12-20-7-2-6-18-20/h1-3,6-7,9,16H,4-5,8,10-14H2/t16-,17-/m1/s1. The zero-order valence-corrected chi connectivity index (χ0v) is 13.3. The Kier molecular flexibility index (Phi) is 4.20. The molecular weight excluding hydrogens is 294 g/mol. The SMILES string of the molecule is c1coc(CN2CCOC[C@@]3(CC[C@H](Cn4cccn4)O3)C2)c1. The van der Waals surface area contributed by atoms with Gasteiger partial charge in [0.1, 0.15) is 11.4 Å². The van der Waals surface area contributed by atoms with Crippen LogP contribution in [-0.2, 0) is 22.6 Å². The van der Waals surface area contributed by atoms with E-state index in [-0.39, 0.29) is 11.7 Å². The smallest absolute Gasteiger partial charge is 0.117 e. The first kappa shape index (κ1) is 14.9. The van der Waals surface area contributed by atoms with Crippen molar-refractivity contribution < 1.29 is 13.9 Å². The van der Waals surface area contributed by atoms with Gasteiger partial charge in [-0.25, -0.2) is 0 Å². The average Bonchev–Trinajstić information content (AvgIpc) is 3.25. The van der Waals surface area contributed by atoms with Gasteiger partial charge in [0.25, 0.3) is 0 Å². The Hall–Kier alpha value is -1.63. The molecule has 0 bridgehead atoms. The summed E-state index contributed by atoms with van der Waals surface area (Å²) in [5.41, 5.74) is -0.194. The summed E-state index contributed by atoms with van der Waals surface area (Å²) >= 11 is 0. The van der Waals surface area contributed by atoms with Crippen LogP contribution in [0.1, 0.15) is 18.6 Å². The molecule has 2 aliphatic rings. The molecule has 2 fully saturated rings. The van der Waals surface area contributed by atoms with E-state index in [1.807, 2.05) is 35.3 Å². The van der Waals surface area contributed by atoms with Crippen LogP contribution < -0.4 is 0 Å². The Balaban J connectivity index is 1.40. The van der Waals surface area contributed by atoms with Gasteiger partial charge in [0.2, 0.25) is 0 Å². The fourth-order valence-electron chi connectivity index (χ4n) is 3.61. The number of nitrogens with zero attached hydrogens (tertiary/aromatic N) is 3. The van der Waals surface area contributed by atoms with E-state index in [1.54, 1.807) is 6.26 Å². The predicted octanol–water partition coefficient (Wildman–Crippen LogP) is 1.93. The maximum atomic E-state index is 6.43. The number of rotatable bonds is 4. The third-order valence-corrected chi connectivity index (χ3v) is 4.68. The summed E-state index contributed by atoms with van der Waals surface area (Å²) in [5.74, 6) is 0.994. The second kappa shape index (κ2) is 6.47. The molecule has 6 heteroatoms. The second-order valence-corrected chi connectivity index (χ2v) is 6.53. The van der Waals surface area contributed by atoms with Gasteiger partial charge >= 0.3 is 0 Å². The van der Waals surface area contributed by atoms with E-state index in [0.717, 1.165) is 51.4 Å². The van der Waals surface area contributed by atoms with Crippen LogP contribution in [0, 0.1) is 0 Å². The quantitative estimate of drug-likeness (QED) is 0.862. The van der Waals surface area contributed by atoms with E-state index >= 15 is 0 Å². The molecule has 4 heterocycles. The minimum absolute atomic E-state index is 0.194. The normalized spacial score (nSPS) is 29.1. The van der Waals surface area contributed by atoms with Crippen LogP contribution in [0.2, 0.25) is 0 Å².